The summed E-state index contributed by atoms with van der Waals surface area (Å²) in [7, 11) is 0. The van der Waals surface area contributed by atoms with Crippen molar-refractivity contribution in [2.45, 2.75) is 52.9 Å². The highest BCUT2D eigenvalue weighted by molar-refractivity contribution is 14.0. The Balaban J connectivity index is 0.00000320. The molecule has 0 spiro atoms. The summed E-state index contributed by atoms with van der Waals surface area (Å²) in [6, 6.07) is 9.73. The molecule has 3 rings (SSSR count). The van der Waals surface area contributed by atoms with Gasteiger partial charge in [-0.25, -0.2) is 4.99 Å². The Morgan fingerprint density at radius 1 is 1.17 bits per heavy atom. The zero-order valence-corrected chi connectivity index (χ0v) is 21.4. The van der Waals surface area contributed by atoms with Crippen LogP contribution >= 0.6 is 24.0 Å². The molecule has 30 heavy (non-hydrogen) atoms. The summed E-state index contributed by atoms with van der Waals surface area (Å²) < 4.78 is 5.48. The first-order chi connectivity index (χ1) is 14.1. The summed E-state index contributed by atoms with van der Waals surface area (Å²) in [5, 5.41) is 7.13. The SMILES string of the molecule is CCNC(=NCc1ccccc1CN1CCOCC1)NC1CN(C(C)C)CC1C.I. The molecular formula is C23H40IN5O. The van der Waals surface area contributed by atoms with Gasteiger partial charge in [0.05, 0.1) is 19.8 Å². The van der Waals surface area contributed by atoms with Crippen molar-refractivity contribution in [1.29, 1.82) is 0 Å². The van der Waals surface area contributed by atoms with Gasteiger partial charge in [0.25, 0.3) is 0 Å². The maximum Gasteiger partial charge on any atom is 0.191 e. The van der Waals surface area contributed by atoms with E-state index in [-0.39, 0.29) is 24.0 Å². The van der Waals surface area contributed by atoms with Crippen molar-refractivity contribution < 1.29 is 4.74 Å². The van der Waals surface area contributed by atoms with Crippen LogP contribution in [0.25, 0.3) is 0 Å². The minimum atomic E-state index is 0. The van der Waals surface area contributed by atoms with Crippen molar-refractivity contribution in [1.82, 2.24) is 20.4 Å². The monoisotopic (exact) mass is 529 g/mol. The topological polar surface area (TPSA) is 52.1 Å². The summed E-state index contributed by atoms with van der Waals surface area (Å²) in [5.41, 5.74) is 2.67. The number of nitrogens with zero attached hydrogens (tertiary/aromatic N) is 3. The van der Waals surface area contributed by atoms with Crippen molar-refractivity contribution in [3.8, 4) is 0 Å². The average molecular weight is 530 g/mol. The third kappa shape index (κ3) is 7.35. The number of aliphatic imine (C=N–C) groups is 1. The molecule has 2 unspecified atom stereocenters. The van der Waals surface area contributed by atoms with Crippen LogP contribution in [-0.4, -0.2) is 73.8 Å². The van der Waals surface area contributed by atoms with E-state index in [2.05, 4.69) is 72.4 Å². The van der Waals surface area contributed by atoms with Gasteiger partial charge in [-0.15, -0.1) is 24.0 Å². The molecule has 0 saturated carbocycles. The van der Waals surface area contributed by atoms with Crippen LogP contribution in [0.15, 0.2) is 29.3 Å². The number of guanidine groups is 1. The Bertz CT molecular complexity index is 663. The molecule has 2 saturated heterocycles. The normalized spacial score (nSPS) is 23.4. The number of halogens is 1. The van der Waals surface area contributed by atoms with Gasteiger partial charge in [-0.3, -0.25) is 9.80 Å². The molecule has 2 aliphatic rings. The van der Waals surface area contributed by atoms with Crippen molar-refractivity contribution in [3.05, 3.63) is 35.4 Å². The Hall–Kier alpha value is -0.900. The lowest BCUT2D eigenvalue weighted by atomic mass is 10.1. The first-order valence-electron chi connectivity index (χ1n) is 11.2. The summed E-state index contributed by atoms with van der Waals surface area (Å²) in [6.45, 7) is 17.5. The summed E-state index contributed by atoms with van der Waals surface area (Å²) in [4.78, 5) is 9.95. The van der Waals surface area contributed by atoms with Gasteiger partial charge in [0.1, 0.15) is 0 Å². The number of hydrogen-bond donors (Lipinski definition) is 2. The average Bonchev–Trinajstić information content (AvgIpc) is 3.09. The predicted molar refractivity (Wildman–Crippen MR) is 136 cm³/mol. The molecule has 170 valence electrons. The zero-order chi connectivity index (χ0) is 20.6. The second kappa shape index (κ2) is 12.8. The maximum absolute atomic E-state index is 5.48. The fraction of sp³-hybridized carbons (Fsp3) is 0.696. The van der Waals surface area contributed by atoms with Gasteiger partial charge < -0.3 is 15.4 Å². The predicted octanol–water partition coefficient (Wildman–Crippen LogP) is 2.92. The molecule has 0 aliphatic carbocycles. The Labute approximate surface area is 199 Å². The van der Waals surface area contributed by atoms with Gasteiger partial charge in [-0.05, 0) is 37.8 Å². The van der Waals surface area contributed by atoms with Gasteiger partial charge in [0.2, 0.25) is 0 Å². The lowest BCUT2D eigenvalue weighted by Gasteiger charge is -2.27. The van der Waals surface area contributed by atoms with E-state index in [1.54, 1.807) is 0 Å². The number of nitrogens with one attached hydrogen (secondary N) is 2. The van der Waals surface area contributed by atoms with Crippen LogP contribution in [0.4, 0.5) is 0 Å². The van der Waals surface area contributed by atoms with Crippen LogP contribution in [0.1, 0.15) is 38.8 Å². The third-order valence-corrected chi connectivity index (χ3v) is 6.06. The van der Waals surface area contributed by atoms with Gasteiger partial charge in [0, 0.05) is 51.4 Å². The zero-order valence-electron chi connectivity index (χ0n) is 19.1. The fourth-order valence-corrected chi connectivity index (χ4v) is 4.14. The molecule has 0 bridgehead atoms. The van der Waals surface area contributed by atoms with Crippen LogP contribution < -0.4 is 10.6 Å². The first kappa shape index (κ1) is 25.4. The number of likely N-dealkylation sites (tertiary alicyclic amines) is 1. The number of rotatable bonds is 7. The highest BCUT2D eigenvalue weighted by Crippen LogP contribution is 2.19. The standard InChI is InChI=1S/C23H39N5O.HI/c1-5-24-23(26-22-17-28(18(2)3)15-19(22)4)25-14-20-8-6-7-9-21(20)16-27-10-12-29-13-11-27;/h6-9,18-19,22H,5,10-17H2,1-4H3,(H2,24,25,26);1H. The van der Waals surface area contributed by atoms with E-state index >= 15 is 0 Å². The lowest BCUT2D eigenvalue weighted by Crippen LogP contribution is -2.46. The highest BCUT2D eigenvalue weighted by atomic mass is 127. The van der Waals surface area contributed by atoms with Gasteiger partial charge in [-0.2, -0.15) is 0 Å². The molecule has 2 heterocycles. The second-order valence-electron chi connectivity index (χ2n) is 8.63. The van der Waals surface area contributed by atoms with Crippen LogP contribution in [0.3, 0.4) is 0 Å². The van der Waals surface area contributed by atoms with Crippen LogP contribution in [-0.2, 0) is 17.8 Å². The molecule has 2 fully saturated rings. The fourth-order valence-electron chi connectivity index (χ4n) is 4.14. The smallest absolute Gasteiger partial charge is 0.191 e. The first-order valence-corrected chi connectivity index (χ1v) is 11.2. The van der Waals surface area contributed by atoms with E-state index in [1.807, 2.05) is 0 Å². The van der Waals surface area contributed by atoms with Gasteiger partial charge in [0.15, 0.2) is 5.96 Å². The molecule has 6 nitrogen and oxygen atoms in total. The number of ether oxygens (including phenoxy) is 1. The Morgan fingerprint density at radius 3 is 2.50 bits per heavy atom. The molecule has 1 aromatic carbocycles. The van der Waals surface area contributed by atoms with E-state index in [1.165, 1.54) is 11.1 Å². The number of hydrogen-bond acceptors (Lipinski definition) is 4. The summed E-state index contributed by atoms with van der Waals surface area (Å²) in [5.74, 6) is 1.55. The minimum Gasteiger partial charge on any atom is -0.379 e. The summed E-state index contributed by atoms with van der Waals surface area (Å²) >= 11 is 0. The minimum absolute atomic E-state index is 0. The van der Waals surface area contributed by atoms with Crippen molar-refractivity contribution in [2.24, 2.45) is 10.9 Å². The number of benzene rings is 1. The molecule has 2 aliphatic heterocycles. The molecule has 0 aromatic heterocycles. The molecule has 1 aromatic rings. The van der Waals surface area contributed by atoms with Crippen molar-refractivity contribution in [3.63, 3.8) is 0 Å². The van der Waals surface area contributed by atoms with E-state index < -0.39 is 0 Å². The highest BCUT2D eigenvalue weighted by Gasteiger charge is 2.31. The lowest BCUT2D eigenvalue weighted by molar-refractivity contribution is 0.0341. The third-order valence-electron chi connectivity index (χ3n) is 6.06. The van der Waals surface area contributed by atoms with E-state index in [0.29, 0.717) is 24.5 Å². The van der Waals surface area contributed by atoms with Gasteiger partial charge >= 0.3 is 0 Å². The second-order valence-corrected chi connectivity index (χ2v) is 8.63. The Kier molecular flexibility index (Phi) is 10.8. The molecule has 7 heteroatoms. The van der Waals surface area contributed by atoms with E-state index in [4.69, 9.17) is 9.73 Å². The van der Waals surface area contributed by atoms with Crippen LogP contribution in [0, 0.1) is 5.92 Å². The molecule has 0 amide bonds. The number of morpholine rings is 1. The summed E-state index contributed by atoms with van der Waals surface area (Å²) in [6.07, 6.45) is 0. The van der Waals surface area contributed by atoms with E-state index in [0.717, 1.165) is 58.4 Å². The maximum atomic E-state index is 5.48. The molecule has 0 radical (unpaired) electrons. The molecule has 2 atom stereocenters. The van der Waals surface area contributed by atoms with Crippen molar-refractivity contribution >= 4 is 29.9 Å². The van der Waals surface area contributed by atoms with Crippen LogP contribution in [0.5, 0.6) is 0 Å². The van der Waals surface area contributed by atoms with Crippen LogP contribution in [0.2, 0.25) is 0 Å². The van der Waals surface area contributed by atoms with E-state index in [9.17, 15) is 0 Å². The molecule has 2 N–H and O–H groups in total. The quantitative estimate of drug-likeness (QED) is 0.323. The Morgan fingerprint density at radius 2 is 1.87 bits per heavy atom. The largest absolute Gasteiger partial charge is 0.379 e. The van der Waals surface area contributed by atoms with Gasteiger partial charge in [-0.1, -0.05) is 31.2 Å². The van der Waals surface area contributed by atoms with Crippen molar-refractivity contribution in [2.75, 3.05) is 45.9 Å². The molecular weight excluding hydrogens is 489 g/mol.